The molecule has 0 aliphatic rings. The summed E-state index contributed by atoms with van der Waals surface area (Å²) >= 11 is 6.17. The van der Waals surface area contributed by atoms with Crippen molar-refractivity contribution in [3.05, 3.63) is 58.1 Å². The predicted octanol–water partition coefficient (Wildman–Crippen LogP) is 3.69. The molecule has 0 aromatic heterocycles. The summed E-state index contributed by atoms with van der Waals surface area (Å²) in [5.74, 6) is 1.44. The third-order valence-electron chi connectivity index (χ3n) is 3.08. The Morgan fingerprint density at radius 3 is 2.65 bits per heavy atom. The molecule has 20 heavy (non-hydrogen) atoms. The lowest BCUT2D eigenvalue weighted by molar-refractivity contribution is 0.294. The largest absolute Gasteiger partial charge is 0.496 e. The Hall–Kier alpha value is -1.71. The van der Waals surface area contributed by atoms with Crippen molar-refractivity contribution < 1.29 is 9.47 Å². The fraction of sp³-hybridized carbons (Fsp3) is 0.250. The Morgan fingerprint density at radius 2 is 1.95 bits per heavy atom. The molecule has 4 heteroatoms. The number of hydrogen-bond donors (Lipinski definition) is 1. The van der Waals surface area contributed by atoms with Crippen LogP contribution in [0.2, 0.25) is 5.02 Å². The van der Waals surface area contributed by atoms with Crippen LogP contribution in [0.1, 0.15) is 16.7 Å². The monoisotopic (exact) mass is 291 g/mol. The summed E-state index contributed by atoms with van der Waals surface area (Å²) in [7, 11) is 1.65. The minimum absolute atomic E-state index is 0.390. The summed E-state index contributed by atoms with van der Waals surface area (Å²) in [6, 6.07) is 11.5. The normalized spacial score (nSPS) is 10.4. The molecule has 0 saturated heterocycles. The molecule has 2 rings (SSSR count). The van der Waals surface area contributed by atoms with Crippen LogP contribution in [0.5, 0.6) is 11.5 Å². The number of halogens is 1. The molecule has 0 radical (unpaired) electrons. The fourth-order valence-corrected chi connectivity index (χ4v) is 2.29. The second-order valence-corrected chi connectivity index (χ2v) is 4.94. The molecule has 3 nitrogen and oxygen atoms in total. The number of hydrogen-bond acceptors (Lipinski definition) is 3. The maximum absolute atomic E-state index is 6.17. The molecule has 2 aromatic rings. The standard InChI is InChI=1S/C16H18ClNO2/c1-11-6-7-15(19-2)13(8-11)10-20-16-12(9-18)4-3-5-14(16)17/h3-8H,9-10,18H2,1-2H3. The van der Waals surface area contributed by atoms with E-state index in [1.54, 1.807) is 13.2 Å². The zero-order valence-electron chi connectivity index (χ0n) is 11.7. The van der Waals surface area contributed by atoms with E-state index < -0.39 is 0 Å². The van der Waals surface area contributed by atoms with Crippen molar-refractivity contribution in [2.24, 2.45) is 5.73 Å². The van der Waals surface area contributed by atoms with Gasteiger partial charge in [-0.05, 0) is 25.1 Å². The van der Waals surface area contributed by atoms with Crippen molar-refractivity contribution in [1.82, 2.24) is 0 Å². The highest BCUT2D eigenvalue weighted by atomic mass is 35.5. The summed E-state index contributed by atoms with van der Waals surface area (Å²) in [4.78, 5) is 0. The van der Waals surface area contributed by atoms with Crippen LogP contribution in [0.25, 0.3) is 0 Å². The van der Waals surface area contributed by atoms with Crippen molar-refractivity contribution in [2.45, 2.75) is 20.1 Å². The average Bonchev–Trinajstić information content (AvgIpc) is 2.46. The molecule has 0 aliphatic carbocycles. The molecule has 0 atom stereocenters. The van der Waals surface area contributed by atoms with Gasteiger partial charge >= 0.3 is 0 Å². The summed E-state index contributed by atoms with van der Waals surface area (Å²) in [6.45, 7) is 2.81. The molecule has 2 aromatic carbocycles. The van der Waals surface area contributed by atoms with Crippen molar-refractivity contribution >= 4 is 11.6 Å². The van der Waals surface area contributed by atoms with Gasteiger partial charge in [0.25, 0.3) is 0 Å². The summed E-state index contributed by atoms with van der Waals surface area (Å²) in [5.41, 5.74) is 8.74. The molecule has 106 valence electrons. The topological polar surface area (TPSA) is 44.5 Å². The van der Waals surface area contributed by atoms with E-state index in [2.05, 4.69) is 0 Å². The van der Waals surface area contributed by atoms with Gasteiger partial charge in [0, 0.05) is 17.7 Å². The van der Waals surface area contributed by atoms with E-state index in [0.29, 0.717) is 23.9 Å². The zero-order chi connectivity index (χ0) is 14.5. The zero-order valence-corrected chi connectivity index (χ0v) is 12.4. The highest BCUT2D eigenvalue weighted by Gasteiger charge is 2.09. The minimum atomic E-state index is 0.390. The second-order valence-electron chi connectivity index (χ2n) is 4.54. The lowest BCUT2D eigenvalue weighted by atomic mass is 10.1. The van der Waals surface area contributed by atoms with Gasteiger partial charge in [0.2, 0.25) is 0 Å². The van der Waals surface area contributed by atoms with Gasteiger partial charge in [-0.3, -0.25) is 0 Å². The molecule has 0 saturated carbocycles. The smallest absolute Gasteiger partial charge is 0.142 e. The Balaban J connectivity index is 2.23. The van der Waals surface area contributed by atoms with E-state index in [4.69, 9.17) is 26.8 Å². The quantitative estimate of drug-likeness (QED) is 0.913. The Morgan fingerprint density at radius 1 is 1.15 bits per heavy atom. The molecular formula is C16H18ClNO2. The first-order chi connectivity index (χ1) is 9.65. The van der Waals surface area contributed by atoms with Crippen LogP contribution in [-0.2, 0) is 13.2 Å². The second kappa shape index (κ2) is 6.64. The van der Waals surface area contributed by atoms with E-state index >= 15 is 0 Å². The molecule has 0 spiro atoms. The first-order valence-electron chi connectivity index (χ1n) is 6.39. The number of aryl methyl sites for hydroxylation is 1. The van der Waals surface area contributed by atoms with Gasteiger partial charge in [-0.15, -0.1) is 0 Å². The summed E-state index contributed by atoms with van der Waals surface area (Å²) in [6.07, 6.45) is 0. The Kier molecular flexibility index (Phi) is 4.88. The van der Waals surface area contributed by atoms with Gasteiger partial charge in [0.15, 0.2) is 0 Å². The van der Waals surface area contributed by atoms with Crippen molar-refractivity contribution in [3.8, 4) is 11.5 Å². The van der Waals surface area contributed by atoms with Gasteiger partial charge in [-0.25, -0.2) is 0 Å². The van der Waals surface area contributed by atoms with Gasteiger partial charge in [-0.1, -0.05) is 35.4 Å². The van der Waals surface area contributed by atoms with Gasteiger partial charge < -0.3 is 15.2 Å². The fourth-order valence-electron chi connectivity index (χ4n) is 2.05. The van der Waals surface area contributed by atoms with Crippen molar-refractivity contribution in [2.75, 3.05) is 7.11 Å². The maximum atomic E-state index is 6.17. The maximum Gasteiger partial charge on any atom is 0.142 e. The third kappa shape index (κ3) is 3.24. The van der Waals surface area contributed by atoms with E-state index in [1.165, 1.54) is 0 Å². The van der Waals surface area contributed by atoms with Gasteiger partial charge in [-0.2, -0.15) is 0 Å². The lowest BCUT2D eigenvalue weighted by Crippen LogP contribution is -2.04. The summed E-state index contributed by atoms with van der Waals surface area (Å²) in [5, 5.41) is 0.569. The molecule has 0 fully saturated rings. The Bertz CT molecular complexity index is 599. The van der Waals surface area contributed by atoms with E-state index in [-0.39, 0.29) is 0 Å². The lowest BCUT2D eigenvalue weighted by Gasteiger charge is -2.14. The first-order valence-corrected chi connectivity index (χ1v) is 6.77. The van der Waals surface area contributed by atoms with Gasteiger partial charge in [0.05, 0.1) is 12.1 Å². The molecule has 0 bridgehead atoms. The highest BCUT2D eigenvalue weighted by Crippen LogP contribution is 2.30. The molecule has 0 unspecified atom stereocenters. The average molecular weight is 292 g/mol. The van der Waals surface area contributed by atoms with Crippen LogP contribution in [0, 0.1) is 6.92 Å². The number of rotatable bonds is 5. The SMILES string of the molecule is COc1ccc(C)cc1COc1c(Cl)cccc1CN. The summed E-state index contributed by atoms with van der Waals surface area (Å²) < 4.78 is 11.2. The van der Waals surface area contributed by atoms with Crippen LogP contribution in [0.4, 0.5) is 0 Å². The molecule has 2 N–H and O–H groups in total. The van der Waals surface area contributed by atoms with Gasteiger partial charge in [0.1, 0.15) is 18.1 Å². The number of nitrogens with two attached hydrogens (primary N) is 1. The van der Waals surface area contributed by atoms with E-state index in [1.807, 2.05) is 37.3 Å². The number of para-hydroxylation sites is 1. The van der Waals surface area contributed by atoms with E-state index in [9.17, 15) is 0 Å². The minimum Gasteiger partial charge on any atom is -0.496 e. The molecule has 0 amide bonds. The van der Waals surface area contributed by atoms with Crippen molar-refractivity contribution in [3.63, 3.8) is 0 Å². The predicted molar refractivity (Wildman–Crippen MR) is 81.4 cm³/mol. The van der Waals surface area contributed by atoms with Crippen LogP contribution in [0.15, 0.2) is 36.4 Å². The molecule has 0 aliphatic heterocycles. The molecular weight excluding hydrogens is 274 g/mol. The molecule has 0 heterocycles. The van der Waals surface area contributed by atoms with Crippen LogP contribution >= 0.6 is 11.6 Å². The van der Waals surface area contributed by atoms with E-state index in [0.717, 1.165) is 22.4 Å². The van der Waals surface area contributed by atoms with Crippen LogP contribution < -0.4 is 15.2 Å². The van der Waals surface area contributed by atoms with Crippen molar-refractivity contribution in [1.29, 1.82) is 0 Å². The Labute approximate surface area is 124 Å². The number of benzene rings is 2. The number of methoxy groups -OCH3 is 1. The highest BCUT2D eigenvalue weighted by molar-refractivity contribution is 6.32. The number of ether oxygens (including phenoxy) is 2. The van der Waals surface area contributed by atoms with Crippen LogP contribution in [-0.4, -0.2) is 7.11 Å². The third-order valence-corrected chi connectivity index (χ3v) is 3.37. The first kappa shape index (κ1) is 14.7. The van der Waals surface area contributed by atoms with Crippen LogP contribution in [0.3, 0.4) is 0 Å².